The summed E-state index contributed by atoms with van der Waals surface area (Å²) in [5, 5.41) is 21.8. The van der Waals surface area contributed by atoms with Gasteiger partial charge in [-0.05, 0) is 24.3 Å². The van der Waals surface area contributed by atoms with E-state index in [2.05, 4.69) is 5.10 Å². The highest BCUT2D eigenvalue weighted by molar-refractivity contribution is 5.89. The molecule has 1 heterocycles. The fourth-order valence-electron chi connectivity index (χ4n) is 1.53. The minimum absolute atomic E-state index is 0.00679. The number of carbonyl (C=O) groups is 1. The monoisotopic (exact) mass is 243 g/mol. The summed E-state index contributed by atoms with van der Waals surface area (Å²) in [6.45, 7) is 0. The first-order valence-corrected chi connectivity index (χ1v) is 5.03. The highest BCUT2D eigenvalue weighted by Crippen LogP contribution is 2.17. The molecule has 0 radical (unpaired) electrons. The zero-order valence-corrected chi connectivity index (χ0v) is 9.49. The van der Waals surface area contributed by atoms with Gasteiger partial charge in [-0.15, -0.1) is 0 Å². The van der Waals surface area contributed by atoms with Crippen molar-refractivity contribution in [2.45, 2.75) is 0 Å². The molecule has 6 heteroatoms. The van der Waals surface area contributed by atoms with Crippen molar-refractivity contribution in [3.05, 3.63) is 41.7 Å². The summed E-state index contributed by atoms with van der Waals surface area (Å²) in [7, 11) is 1.55. The van der Waals surface area contributed by atoms with Gasteiger partial charge in [0.05, 0.1) is 19.0 Å². The van der Waals surface area contributed by atoms with Crippen LogP contribution in [0.15, 0.2) is 30.5 Å². The highest BCUT2D eigenvalue weighted by atomic mass is 16.5. The third kappa shape index (κ3) is 1.89. The molecular formula is C12H9N3O3. The van der Waals surface area contributed by atoms with E-state index in [-0.39, 0.29) is 11.3 Å². The predicted molar refractivity (Wildman–Crippen MR) is 61.8 cm³/mol. The van der Waals surface area contributed by atoms with Crippen LogP contribution in [-0.4, -0.2) is 28.0 Å². The van der Waals surface area contributed by atoms with Crippen molar-refractivity contribution in [3.63, 3.8) is 0 Å². The number of aromatic nitrogens is 2. The van der Waals surface area contributed by atoms with E-state index >= 15 is 0 Å². The average molecular weight is 243 g/mol. The Bertz CT molecular complexity index is 623. The van der Waals surface area contributed by atoms with Crippen LogP contribution in [0.1, 0.15) is 16.1 Å². The molecule has 90 valence electrons. The number of rotatable bonds is 3. The molecule has 1 N–H and O–H groups in total. The van der Waals surface area contributed by atoms with Crippen LogP contribution < -0.4 is 4.74 Å². The van der Waals surface area contributed by atoms with Gasteiger partial charge in [-0.1, -0.05) is 0 Å². The van der Waals surface area contributed by atoms with Crippen LogP contribution in [0.25, 0.3) is 5.69 Å². The third-order valence-corrected chi connectivity index (χ3v) is 2.42. The summed E-state index contributed by atoms with van der Waals surface area (Å²) >= 11 is 0. The van der Waals surface area contributed by atoms with Gasteiger partial charge >= 0.3 is 5.97 Å². The normalized spacial score (nSPS) is 9.78. The Morgan fingerprint density at radius 2 is 2.11 bits per heavy atom. The van der Waals surface area contributed by atoms with E-state index in [0.717, 1.165) is 6.20 Å². The van der Waals surface area contributed by atoms with E-state index in [4.69, 9.17) is 15.1 Å². The number of carboxylic acid groups (broad SMARTS) is 1. The Hall–Kier alpha value is -2.81. The van der Waals surface area contributed by atoms with Gasteiger partial charge in [0.1, 0.15) is 17.4 Å². The van der Waals surface area contributed by atoms with Crippen LogP contribution in [0.3, 0.4) is 0 Å². The van der Waals surface area contributed by atoms with Gasteiger partial charge in [0.25, 0.3) is 0 Å². The molecule has 6 nitrogen and oxygen atoms in total. The van der Waals surface area contributed by atoms with Crippen LogP contribution in [0.4, 0.5) is 0 Å². The minimum atomic E-state index is -1.17. The van der Waals surface area contributed by atoms with Crippen LogP contribution in [0.5, 0.6) is 5.75 Å². The smallest absolute Gasteiger partial charge is 0.340 e. The summed E-state index contributed by atoms with van der Waals surface area (Å²) in [6, 6.07) is 8.64. The summed E-state index contributed by atoms with van der Waals surface area (Å²) in [6.07, 6.45) is 1.16. The second-order valence-corrected chi connectivity index (χ2v) is 3.43. The van der Waals surface area contributed by atoms with Crippen molar-refractivity contribution in [1.82, 2.24) is 9.78 Å². The number of hydrogen-bond donors (Lipinski definition) is 1. The maximum Gasteiger partial charge on any atom is 0.340 e. The van der Waals surface area contributed by atoms with Crippen molar-refractivity contribution in [2.75, 3.05) is 7.11 Å². The SMILES string of the molecule is COc1ccc(-n2ncc(C(=O)O)c2C#N)cc1. The molecule has 0 unspecified atom stereocenters. The van der Waals surface area contributed by atoms with Crippen molar-refractivity contribution >= 4 is 5.97 Å². The summed E-state index contributed by atoms with van der Waals surface area (Å²) in [5.74, 6) is -0.505. The first kappa shape index (κ1) is 11.7. The molecule has 0 fully saturated rings. The van der Waals surface area contributed by atoms with E-state index in [1.165, 1.54) is 4.68 Å². The van der Waals surface area contributed by atoms with Gasteiger partial charge in [0.2, 0.25) is 0 Å². The highest BCUT2D eigenvalue weighted by Gasteiger charge is 2.17. The molecule has 0 amide bonds. The lowest BCUT2D eigenvalue weighted by Gasteiger charge is -2.04. The number of nitrogens with zero attached hydrogens (tertiary/aromatic N) is 3. The number of benzene rings is 1. The molecule has 1 aromatic carbocycles. The van der Waals surface area contributed by atoms with Crippen molar-refractivity contribution in [3.8, 4) is 17.5 Å². The maximum absolute atomic E-state index is 10.9. The van der Waals surface area contributed by atoms with Gasteiger partial charge in [-0.25, -0.2) is 9.48 Å². The molecule has 2 aromatic rings. The molecule has 0 saturated carbocycles. The van der Waals surface area contributed by atoms with Gasteiger partial charge in [0.15, 0.2) is 5.69 Å². The Kier molecular flexibility index (Phi) is 2.98. The lowest BCUT2D eigenvalue weighted by atomic mass is 10.2. The Morgan fingerprint density at radius 1 is 1.44 bits per heavy atom. The molecule has 0 bridgehead atoms. The van der Waals surface area contributed by atoms with Crippen molar-refractivity contribution < 1.29 is 14.6 Å². The number of carboxylic acids is 1. The van der Waals surface area contributed by atoms with E-state index in [1.807, 2.05) is 6.07 Å². The molecule has 0 aliphatic carbocycles. The van der Waals surface area contributed by atoms with Crippen LogP contribution >= 0.6 is 0 Å². The molecule has 0 spiro atoms. The fourth-order valence-corrected chi connectivity index (χ4v) is 1.53. The lowest BCUT2D eigenvalue weighted by Crippen LogP contribution is -2.03. The Balaban J connectivity index is 2.51. The fraction of sp³-hybridized carbons (Fsp3) is 0.0833. The Labute approximate surface area is 103 Å². The van der Waals surface area contributed by atoms with Crippen molar-refractivity contribution in [1.29, 1.82) is 5.26 Å². The minimum Gasteiger partial charge on any atom is -0.497 e. The topological polar surface area (TPSA) is 88.1 Å². The molecule has 1 aromatic heterocycles. The molecule has 0 saturated heterocycles. The second kappa shape index (κ2) is 4.59. The van der Waals surface area contributed by atoms with Gasteiger partial charge < -0.3 is 9.84 Å². The zero-order valence-electron chi connectivity index (χ0n) is 9.49. The molecule has 0 aliphatic heterocycles. The van der Waals surface area contributed by atoms with Crippen LogP contribution in [0, 0.1) is 11.3 Å². The molecule has 0 aliphatic rings. The molecular weight excluding hydrogens is 234 g/mol. The Morgan fingerprint density at radius 3 is 2.61 bits per heavy atom. The average Bonchev–Trinajstić information content (AvgIpc) is 2.82. The number of nitriles is 1. The summed E-state index contributed by atoms with van der Waals surface area (Å²) in [5.41, 5.74) is 0.473. The van der Waals surface area contributed by atoms with Crippen molar-refractivity contribution in [2.24, 2.45) is 0 Å². The van der Waals surface area contributed by atoms with Crippen LogP contribution in [0.2, 0.25) is 0 Å². The third-order valence-electron chi connectivity index (χ3n) is 2.42. The largest absolute Gasteiger partial charge is 0.497 e. The van der Waals surface area contributed by atoms with E-state index < -0.39 is 5.97 Å². The first-order chi connectivity index (χ1) is 8.67. The summed E-state index contributed by atoms with van der Waals surface area (Å²) < 4.78 is 6.30. The standard InChI is InChI=1S/C12H9N3O3/c1-18-9-4-2-8(3-5-9)15-11(6-13)10(7-14-15)12(16)17/h2-5,7H,1H3,(H,16,17). The van der Waals surface area contributed by atoms with E-state index in [9.17, 15) is 4.79 Å². The number of methoxy groups -OCH3 is 1. The van der Waals surface area contributed by atoms with Gasteiger partial charge in [0, 0.05) is 0 Å². The zero-order chi connectivity index (χ0) is 13.1. The van der Waals surface area contributed by atoms with Gasteiger partial charge in [-0.3, -0.25) is 0 Å². The molecule has 2 rings (SSSR count). The maximum atomic E-state index is 10.9. The predicted octanol–water partition coefficient (Wildman–Crippen LogP) is 1.45. The number of ether oxygens (including phenoxy) is 1. The summed E-state index contributed by atoms with van der Waals surface area (Å²) in [4.78, 5) is 10.9. The lowest BCUT2D eigenvalue weighted by molar-refractivity contribution is 0.0696. The van der Waals surface area contributed by atoms with Gasteiger partial charge in [-0.2, -0.15) is 10.4 Å². The van der Waals surface area contributed by atoms with E-state index in [1.54, 1.807) is 31.4 Å². The number of aromatic carboxylic acids is 1. The first-order valence-electron chi connectivity index (χ1n) is 5.03. The molecule has 18 heavy (non-hydrogen) atoms. The van der Waals surface area contributed by atoms with Crippen LogP contribution in [-0.2, 0) is 0 Å². The quantitative estimate of drug-likeness (QED) is 0.881. The van der Waals surface area contributed by atoms with E-state index in [0.29, 0.717) is 11.4 Å². The molecule has 0 atom stereocenters. The number of hydrogen-bond acceptors (Lipinski definition) is 4. The second-order valence-electron chi connectivity index (χ2n) is 3.43.